The van der Waals surface area contributed by atoms with Crippen molar-refractivity contribution in [1.82, 2.24) is 0 Å². The molecular weight excluding hydrogens is 815 g/mol. The summed E-state index contributed by atoms with van der Waals surface area (Å²) < 4.78 is 2.54. The lowest BCUT2D eigenvalue weighted by molar-refractivity contribution is 1.30. The van der Waals surface area contributed by atoms with Gasteiger partial charge in [0.15, 0.2) is 0 Å². The number of thiophene rings is 1. The third kappa shape index (κ3) is 6.30. The van der Waals surface area contributed by atoms with Crippen LogP contribution in [-0.2, 0) is 0 Å². The van der Waals surface area contributed by atoms with Gasteiger partial charge in [0.2, 0.25) is 0 Å². The van der Waals surface area contributed by atoms with Crippen LogP contribution in [0, 0.1) is 0 Å². The second-order valence-corrected chi connectivity index (χ2v) is 18.2. The van der Waals surface area contributed by atoms with Crippen molar-refractivity contribution in [1.29, 1.82) is 0 Å². The molecule has 1 heterocycles. The van der Waals surface area contributed by atoms with Crippen molar-refractivity contribution in [3.63, 3.8) is 0 Å². The number of fused-ring (bicyclic) bond motifs is 8. The molecule has 66 heavy (non-hydrogen) atoms. The Hall–Kier alpha value is -8.30. The van der Waals surface area contributed by atoms with Gasteiger partial charge in [-0.1, -0.05) is 206 Å². The molecule has 0 amide bonds. The maximum absolute atomic E-state index is 2.53. The maximum Gasteiger partial charge on any atom is 0.0640 e. The molecule has 0 saturated heterocycles. The Labute approximate surface area is 387 Å². The first-order valence-electron chi connectivity index (χ1n) is 22.7. The molecule has 0 atom stereocenters. The average molecular weight is 856 g/mol. The highest BCUT2D eigenvalue weighted by atomic mass is 32.1. The normalized spacial score (nSPS) is 11.6. The summed E-state index contributed by atoms with van der Waals surface area (Å²) in [6.45, 7) is 0. The van der Waals surface area contributed by atoms with Gasteiger partial charge in [0.05, 0.1) is 16.1 Å². The predicted molar refractivity (Wildman–Crippen MR) is 286 cm³/mol. The Balaban J connectivity index is 1.10. The highest BCUT2D eigenvalue weighted by Gasteiger charge is 2.24. The first kappa shape index (κ1) is 38.2. The highest BCUT2D eigenvalue weighted by molar-refractivity contribution is 7.26. The van der Waals surface area contributed by atoms with E-state index in [0.717, 1.165) is 22.6 Å². The number of benzene rings is 12. The van der Waals surface area contributed by atoms with Gasteiger partial charge < -0.3 is 4.90 Å². The van der Waals surface area contributed by atoms with Crippen molar-refractivity contribution < 1.29 is 0 Å². The standard InChI is InChI=1S/C64H41NS/c1-2-18-42(19-3-1)50-37-36-47(41-59(50)52-32-16-24-43-20-6-8-25-48(43)52)65(62-35-17-33-57-60-38-44-21-4-5-22-45(44)40-63(60)66-64(57)62)61-34-15-14-31-56(61)53-28-11-13-30-55(53)58-39-46-23-7-9-26-49(46)51-27-10-12-29-54(51)58/h1-41H. The molecular formula is C64H41NS. The summed E-state index contributed by atoms with van der Waals surface area (Å²) >= 11 is 1.89. The summed E-state index contributed by atoms with van der Waals surface area (Å²) in [5, 5.41) is 12.5. The molecule has 13 rings (SSSR count). The molecule has 0 bridgehead atoms. The van der Waals surface area contributed by atoms with Crippen molar-refractivity contribution in [2.45, 2.75) is 0 Å². The van der Waals surface area contributed by atoms with E-state index in [9.17, 15) is 0 Å². The lowest BCUT2D eigenvalue weighted by Gasteiger charge is -2.30. The average Bonchev–Trinajstić information content (AvgIpc) is 3.76. The fraction of sp³-hybridized carbons (Fsp3) is 0. The van der Waals surface area contributed by atoms with Crippen molar-refractivity contribution in [3.05, 3.63) is 249 Å². The van der Waals surface area contributed by atoms with Gasteiger partial charge in [0.1, 0.15) is 0 Å². The number of rotatable bonds is 7. The Morgan fingerprint density at radius 3 is 1.64 bits per heavy atom. The Morgan fingerprint density at radius 2 is 0.818 bits per heavy atom. The fourth-order valence-electron chi connectivity index (χ4n) is 10.4. The van der Waals surface area contributed by atoms with Crippen LogP contribution in [0.4, 0.5) is 17.1 Å². The van der Waals surface area contributed by atoms with Gasteiger partial charge in [-0.05, 0) is 124 Å². The topological polar surface area (TPSA) is 3.24 Å². The molecule has 0 saturated carbocycles. The lowest BCUT2D eigenvalue weighted by atomic mass is 9.88. The van der Waals surface area contributed by atoms with E-state index in [0.29, 0.717) is 0 Å². The van der Waals surface area contributed by atoms with E-state index in [2.05, 4.69) is 254 Å². The first-order valence-corrected chi connectivity index (χ1v) is 23.5. The van der Waals surface area contributed by atoms with Gasteiger partial charge in [0, 0.05) is 26.7 Å². The highest BCUT2D eigenvalue weighted by Crippen LogP contribution is 2.51. The molecule has 308 valence electrons. The van der Waals surface area contributed by atoms with Crippen LogP contribution in [0.2, 0.25) is 0 Å². The molecule has 0 aliphatic rings. The summed E-state index contributed by atoms with van der Waals surface area (Å²) in [6.07, 6.45) is 0. The minimum Gasteiger partial charge on any atom is -0.308 e. The summed E-state index contributed by atoms with van der Waals surface area (Å²) in [6, 6.07) is 91.8. The molecule has 12 aromatic carbocycles. The van der Waals surface area contributed by atoms with E-state index in [1.54, 1.807) is 0 Å². The van der Waals surface area contributed by atoms with E-state index in [1.807, 2.05) is 11.3 Å². The number of para-hydroxylation sites is 1. The van der Waals surface area contributed by atoms with Gasteiger partial charge in [-0.2, -0.15) is 0 Å². The van der Waals surface area contributed by atoms with Crippen LogP contribution in [0.1, 0.15) is 0 Å². The van der Waals surface area contributed by atoms with E-state index in [1.165, 1.54) is 102 Å². The van der Waals surface area contributed by atoms with Crippen LogP contribution in [0.15, 0.2) is 249 Å². The van der Waals surface area contributed by atoms with Gasteiger partial charge in [-0.25, -0.2) is 0 Å². The third-order valence-electron chi connectivity index (χ3n) is 13.4. The van der Waals surface area contributed by atoms with E-state index in [4.69, 9.17) is 0 Å². The number of hydrogen-bond donors (Lipinski definition) is 0. The van der Waals surface area contributed by atoms with Crippen LogP contribution in [0.5, 0.6) is 0 Å². The molecule has 0 aliphatic heterocycles. The van der Waals surface area contributed by atoms with Crippen LogP contribution in [0.3, 0.4) is 0 Å². The fourth-order valence-corrected chi connectivity index (χ4v) is 11.6. The molecule has 1 nitrogen and oxygen atoms in total. The monoisotopic (exact) mass is 855 g/mol. The quantitative estimate of drug-likeness (QED) is 0.144. The van der Waals surface area contributed by atoms with Gasteiger partial charge in [-0.3, -0.25) is 0 Å². The molecule has 0 fully saturated rings. The second-order valence-electron chi connectivity index (χ2n) is 17.2. The maximum atomic E-state index is 2.53. The SMILES string of the molecule is c1ccc(-c2ccc(N(c3ccccc3-c3ccccc3-c3cc4ccccc4c4ccccc34)c3cccc4c3sc3cc5ccccc5cc34)cc2-c2cccc3ccccc23)cc1. The minimum atomic E-state index is 1.09. The molecule has 0 radical (unpaired) electrons. The largest absolute Gasteiger partial charge is 0.308 e. The summed E-state index contributed by atoms with van der Waals surface area (Å²) in [4.78, 5) is 2.53. The van der Waals surface area contributed by atoms with Gasteiger partial charge in [-0.15, -0.1) is 11.3 Å². The Kier molecular flexibility index (Phi) is 9.11. The minimum absolute atomic E-state index is 1.09. The molecule has 0 aliphatic carbocycles. The van der Waals surface area contributed by atoms with Crippen molar-refractivity contribution in [3.8, 4) is 44.5 Å². The number of hydrogen-bond acceptors (Lipinski definition) is 2. The molecule has 1 aromatic heterocycles. The van der Waals surface area contributed by atoms with Crippen LogP contribution in [-0.4, -0.2) is 0 Å². The van der Waals surface area contributed by atoms with Crippen LogP contribution >= 0.6 is 11.3 Å². The summed E-state index contributed by atoms with van der Waals surface area (Å²) in [7, 11) is 0. The summed E-state index contributed by atoms with van der Waals surface area (Å²) in [5.74, 6) is 0. The van der Waals surface area contributed by atoms with Gasteiger partial charge in [0.25, 0.3) is 0 Å². The molecule has 2 heteroatoms. The molecule has 0 N–H and O–H groups in total. The van der Waals surface area contributed by atoms with Crippen molar-refractivity contribution in [2.75, 3.05) is 4.90 Å². The Morgan fingerprint density at radius 1 is 0.258 bits per heavy atom. The molecule has 0 spiro atoms. The van der Waals surface area contributed by atoms with Gasteiger partial charge >= 0.3 is 0 Å². The zero-order chi connectivity index (χ0) is 43.6. The number of nitrogens with zero attached hydrogens (tertiary/aromatic N) is 1. The van der Waals surface area contributed by atoms with E-state index < -0.39 is 0 Å². The predicted octanol–water partition coefficient (Wildman–Crippen LogP) is 18.8. The zero-order valence-electron chi connectivity index (χ0n) is 36.0. The molecule has 0 unspecified atom stereocenters. The zero-order valence-corrected chi connectivity index (χ0v) is 36.8. The van der Waals surface area contributed by atoms with Crippen molar-refractivity contribution in [2.24, 2.45) is 0 Å². The third-order valence-corrected chi connectivity index (χ3v) is 14.6. The van der Waals surface area contributed by atoms with Crippen LogP contribution < -0.4 is 4.90 Å². The van der Waals surface area contributed by atoms with Crippen molar-refractivity contribution >= 4 is 91.7 Å². The Bertz CT molecular complexity index is 4010. The number of anilines is 3. The van der Waals surface area contributed by atoms with E-state index >= 15 is 0 Å². The lowest BCUT2D eigenvalue weighted by Crippen LogP contribution is -2.12. The first-order chi connectivity index (χ1) is 32.7. The van der Waals surface area contributed by atoms with Crippen LogP contribution in [0.25, 0.3) is 108 Å². The van der Waals surface area contributed by atoms with E-state index in [-0.39, 0.29) is 0 Å². The molecule has 13 aromatic rings. The second kappa shape index (κ2) is 15.7. The smallest absolute Gasteiger partial charge is 0.0640 e. The summed E-state index contributed by atoms with van der Waals surface area (Å²) in [5.41, 5.74) is 12.9.